The fourth-order valence-electron chi connectivity index (χ4n) is 3.62. The quantitative estimate of drug-likeness (QED) is 0.498. The average Bonchev–Trinajstić information content (AvgIpc) is 3.11. The number of imide groups is 1. The summed E-state index contributed by atoms with van der Waals surface area (Å²) < 4.78 is 1.32. The minimum atomic E-state index is -0.465. The number of aromatic nitrogens is 2. The summed E-state index contributed by atoms with van der Waals surface area (Å²) in [6, 6.07) is 16.2. The molecular formula is C25H24N4O4S. The van der Waals surface area contributed by atoms with E-state index in [1.807, 2.05) is 37.3 Å². The minimum Gasteiger partial charge on any atom is -0.349 e. The highest BCUT2D eigenvalue weighted by Crippen LogP contribution is 2.31. The van der Waals surface area contributed by atoms with Crippen LogP contribution in [0.25, 0.3) is 16.8 Å². The minimum absolute atomic E-state index is 0.0376. The van der Waals surface area contributed by atoms with Gasteiger partial charge in [0.05, 0.1) is 10.3 Å². The first-order chi connectivity index (χ1) is 16.5. The molecule has 1 fully saturated rings. The van der Waals surface area contributed by atoms with Crippen molar-refractivity contribution in [3.63, 3.8) is 0 Å². The third kappa shape index (κ3) is 4.94. The topological polar surface area (TPSA) is 101 Å². The molecule has 34 heavy (non-hydrogen) atoms. The molecule has 1 aliphatic rings. The van der Waals surface area contributed by atoms with Gasteiger partial charge in [0.25, 0.3) is 22.6 Å². The molecule has 0 atom stereocenters. The van der Waals surface area contributed by atoms with Gasteiger partial charge in [0.2, 0.25) is 0 Å². The molecule has 1 aromatic heterocycles. The Morgan fingerprint density at radius 1 is 1.00 bits per heavy atom. The summed E-state index contributed by atoms with van der Waals surface area (Å²) in [6.07, 6.45) is 3.33. The number of benzene rings is 2. The first-order valence-electron chi connectivity index (χ1n) is 11.1. The Kier molecular flexibility index (Phi) is 7.22. The van der Waals surface area contributed by atoms with Crippen LogP contribution in [-0.4, -0.2) is 44.8 Å². The van der Waals surface area contributed by atoms with Crippen LogP contribution >= 0.6 is 11.8 Å². The zero-order valence-corrected chi connectivity index (χ0v) is 19.5. The van der Waals surface area contributed by atoms with Crippen molar-refractivity contribution in [3.05, 3.63) is 81.1 Å². The van der Waals surface area contributed by atoms with Crippen LogP contribution in [0.5, 0.6) is 0 Å². The number of nitrogens with zero attached hydrogens (tertiary/aromatic N) is 3. The highest BCUT2D eigenvalue weighted by Gasteiger charge is 2.34. The van der Waals surface area contributed by atoms with Crippen LogP contribution in [0, 0.1) is 0 Å². The lowest BCUT2D eigenvalue weighted by Gasteiger charge is -2.14. The summed E-state index contributed by atoms with van der Waals surface area (Å²) in [5.41, 5.74) is 0.741. The molecule has 0 bridgehead atoms. The van der Waals surface area contributed by atoms with Gasteiger partial charge in [-0.3, -0.25) is 24.1 Å². The van der Waals surface area contributed by atoms with E-state index >= 15 is 0 Å². The van der Waals surface area contributed by atoms with Gasteiger partial charge in [0.15, 0.2) is 5.69 Å². The molecule has 0 saturated carbocycles. The number of amides is 3. The van der Waals surface area contributed by atoms with E-state index in [0.29, 0.717) is 22.2 Å². The van der Waals surface area contributed by atoms with E-state index in [4.69, 9.17) is 0 Å². The van der Waals surface area contributed by atoms with Crippen molar-refractivity contribution in [2.24, 2.45) is 0 Å². The second-order valence-corrected chi connectivity index (χ2v) is 8.77. The molecule has 2 aromatic carbocycles. The van der Waals surface area contributed by atoms with Crippen LogP contribution in [0.1, 0.15) is 35.8 Å². The van der Waals surface area contributed by atoms with E-state index in [0.717, 1.165) is 35.1 Å². The number of hydrogen-bond donors (Lipinski definition) is 1. The zero-order chi connectivity index (χ0) is 24.1. The maximum Gasteiger partial charge on any atom is 0.293 e. The second-order valence-electron chi connectivity index (χ2n) is 7.78. The van der Waals surface area contributed by atoms with Crippen LogP contribution in [0.4, 0.5) is 4.79 Å². The van der Waals surface area contributed by atoms with E-state index in [1.165, 1.54) is 4.68 Å². The molecule has 0 radical (unpaired) electrons. The lowest BCUT2D eigenvalue weighted by molar-refractivity contribution is -0.122. The third-order valence-corrected chi connectivity index (χ3v) is 6.31. The van der Waals surface area contributed by atoms with E-state index in [1.54, 1.807) is 30.3 Å². The largest absolute Gasteiger partial charge is 0.349 e. The van der Waals surface area contributed by atoms with E-state index in [-0.39, 0.29) is 35.5 Å². The van der Waals surface area contributed by atoms with E-state index in [2.05, 4.69) is 10.4 Å². The fraction of sp³-hybridized carbons (Fsp3) is 0.240. The zero-order valence-electron chi connectivity index (χ0n) is 18.7. The van der Waals surface area contributed by atoms with Crippen molar-refractivity contribution >= 4 is 45.7 Å². The highest BCUT2D eigenvalue weighted by atomic mass is 32.2. The van der Waals surface area contributed by atoms with Crippen molar-refractivity contribution in [2.45, 2.75) is 26.3 Å². The summed E-state index contributed by atoms with van der Waals surface area (Å²) in [5.74, 6) is -0.849. The number of unbranched alkanes of at least 4 members (excludes halogenated alkanes) is 1. The van der Waals surface area contributed by atoms with Crippen molar-refractivity contribution < 1.29 is 14.4 Å². The molecule has 2 heterocycles. The molecule has 8 nitrogen and oxygen atoms in total. The lowest BCUT2D eigenvalue weighted by Crippen LogP contribution is -2.38. The highest BCUT2D eigenvalue weighted by molar-refractivity contribution is 8.18. The monoisotopic (exact) mass is 476 g/mol. The maximum atomic E-state index is 12.9. The normalized spacial score (nSPS) is 14.9. The van der Waals surface area contributed by atoms with E-state index in [9.17, 15) is 19.2 Å². The van der Waals surface area contributed by atoms with Gasteiger partial charge in [-0.25, -0.2) is 4.68 Å². The SMILES string of the molecule is CCCCn1nc(C(=O)NCCN2C(=O)SC(=Cc3ccccc3)C2=O)c2ccccc2c1=O. The summed E-state index contributed by atoms with van der Waals surface area (Å²) in [7, 11) is 0. The molecule has 1 saturated heterocycles. The molecular weight excluding hydrogens is 452 g/mol. The number of thioether (sulfide) groups is 1. The Balaban J connectivity index is 1.47. The fourth-order valence-corrected chi connectivity index (χ4v) is 4.49. The molecule has 1 aliphatic heterocycles. The van der Waals surface area contributed by atoms with Crippen molar-refractivity contribution in [3.8, 4) is 0 Å². The molecule has 3 amide bonds. The second kappa shape index (κ2) is 10.5. The number of carbonyl (C=O) groups is 3. The predicted octanol–water partition coefficient (Wildman–Crippen LogP) is 3.66. The molecule has 3 aromatic rings. The molecule has 4 rings (SSSR count). The van der Waals surface area contributed by atoms with Crippen molar-refractivity contribution in [2.75, 3.05) is 13.1 Å². The van der Waals surface area contributed by atoms with Crippen LogP contribution in [0.3, 0.4) is 0 Å². The van der Waals surface area contributed by atoms with Gasteiger partial charge >= 0.3 is 0 Å². The number of nitrogens with one attached hydrogen (secondary N) is 1. The Hall–Kier alpha value is -3.72. The van der Waals surface area contributed by atoms with Gasteiger partial charge in [-0.15, -0.1) is 0 Å². The molecule has 9 heteroatoms. The van der Waals surface area contributed by atoms with Crippen molar-refractivity contribution in [1.82, 2.24) is 20.0 Å². The summed E-state index contributed by atoms with van der Waals surface area (Å²) >= 11 is 0.880. The van der Waals surface area contributed by atoms with Gasteiger partial charge in [0.1, 0.15) is 0 Å². The molecule has 174 valence electrons. The first kappa shape index (κ1) is 23.4. The number of hydrogen-bond acceptors (Lipinski definition) is 6. The van der Waals surface area contributed by atoms with Crippen LogP contribution in [0.2, 0.25) is 0 Å². The van der Waals surface area contributed by atoms with Crippen LogP contribution < -0.4 is 10.9 Å². The Labute approximate surface area is 200 Å². The first-order valence-corrected chi connectivity index (χ1v) is 11.9. The Morgan fingerprint density at radius 2 is 1.71 bits per heavy atom. The van der Waals surface area contributed by atoms with Crippen LogP contribution in [-0.2, 0) is 11.3 Å². The molecule has 0 aliphatic carbocycles. The summed E-state index contributed by atoms with van der Waals surface area (Å²) in [6.45, 7) is 2.54. The Morgan fingerprint density at radius 3 is 2.44 bits per heavy atom. The lowest BCUT2D eigenvalue weighted by atomic mass is 10.1. The molecule has 0 unspecified atom stereocenters. The standard InChI is InChI=1S/C25H24N4O4S/c1-2-3-14-29-23(31)19-12-8-7-11-18(19)21(27-29)22(30)26-13-15-28-24(32)20(34-25(28)33)16-17-9-5-4-6-10-17/h4-12,16H,2-3,13-15H2,1H3,(H,26,30). The maximum absolute atomic E-state index is 12.9. The van der Waals surface area contributed by atoms with Crippen LogP contribution in [0.15, 0.2) is 64.3 Å². The van der Waals surface area contributed by atoms with Gasteiger partial charge in [-0.05, 0) is 35.9 Å². The predicted molar refractivity (Wildman–Crippen MR) is 132 cm³/mol. The molecule has 0 spiro atoms. The summed E-state index contributed by atoms with van der Waals surface area (Å²) in [5, 5.41) is 7.56. The average molecular weight is 477 g/mol. The van der Waals surface area contributed by atoms with Gasteiger partial charge < -0.3 is 5.32 Å². The van der Waals surface area contributed by atoms with Gasteiger partial charge in [-0.2, -0.15) is 5.10 Å². The number of aryl methyl sites for hydroxylation is 1. The smallest absolute Gasteiger partial charge is 0.293 e. The van der Waals surface area contributed by atoms with Gasteiger partial charge in [0, 0.05) is 25.0 Å². The van der Waals surface area contributed by atoms with Gasteiger partial charge in [-0.1, -0.05) is 61.9 Å². The Bertz CT molecular complexity index is 1330. The number of fused-ring (bicyclic) bond motifs is 1. The summed E-state index contributed by atoms with van der Waals surface area (Å²) in [4.78, 5) is 52.1. The van der Waals surface area contributed by atoms with Crippen molar-refractivity contribution in [1.29, 1.82) is 0 Å². The number of rotatable bonds is 8. The van der Waals surface area contributed by atoms with E-state index < -0.39 is 5.91 Å². The third-order valence-electron chi connectivity index (χ3n) is 5.40. The molecule has 1 N–H and O–H groups in total. The number of carbonyl (C=O) groups excluding carboxylic acids is 3.